The van der Waals surface area contributed by atoms with Crippen molar-refractivity contribution in [1.29, 1.82) is 0 Å². The third kappa shape index (κ3) is 4.25. The summed E-state index contributed by atoms with van der Waals surface area (Å²) in [5, 5.41) is 22.2. The minimum Gasteiger partial charge on any atom is -0.508 e. The van der Waals surface area contributed by atoms with Crippen LogP contribution in [0.5, 0.6) is 17.2 Å². The van der Waals surface area contributed by atoms with E-state index >= 15 is 0 Å². The van der Waals surface area contributed by atoms with Gasteiger partial charge in [0.05, 0.1) is 46.6 Å². The molecule has 1 atom stereocenters. The summed E-state index contributed by atoms with van der Waals surface area (Å²) in [6, 6.07) is 12.9. The lowest BCUT2D eigenvalue weighted by atomic mass is 9.95. The number of aromatic nitrogens is 1. The Morgan fingerprint density at radius 3 is 2.38 bits per heavy atom. The molecule has 0 aliphatic carbocycles. The third-order valence-corrected chi connectivity index (χ3v) is 7.48. The number of fused-ring (bicyclic) bond motifs is 1. The highest BCUT2D eigenvalue weighted by Crippen LogP contribution is 2.46. The predicted molar refractivity (Wildman–Crippen MR) is 142 cm³/mol. The van der Waals surface area contributed by atoms with Crippen molar-refractivity contribution >= 4 is 67.3 Å². The molecule has 5 rings (SSSR count). The highest BCUT2D eigenvalue weighted by molar-refractivity contribution is 7.22. The van der Waals surface area contributed by atoms with Crippen molar-refractivity contribution in [2.24, 2.45) is 0 Å². The highest BCUT2D eigenvalue weighted by Gasteiger charge is 2.48. The number of ether oxygens (including phenoxy) is 2. The molecule has 2 N–H and O–H groups in total. The number of halogens is 2. The van der Waals surface area contributed by atoms with Crippen molar-refractivity contribution in [2.45, 2.75) is 6.04 Å². The van der Waals surface area contributed by atoms with E-state index in [1.165, 1.54) is 54.7 Å². The number of ketones is 1. The third-order valence-electron chi connectivity index (χ3n) is 5.93. The number of aromatic hydroxyl groups is 1. The first-order chi connectivity index (χ1) is 17.7. The number of aliphatic hydroxyl groups is 1. The molecule has 4 aromatic rings. The van der Waals surface area contributed by atoms with Gasteiger partial charge in [0, 0.05) is 11.1 Å². The lowest BCUT2D eigenvalue weighted by Crippen LogP contribution is -2.29. The molecule has 1 unspecified atom stereocenters. The minimum atomic E-state index is -1.05. The van der Waals surface area contributed by atoms with E-state index in [-0.39, 0.29) is 32.8 Å². The van der Waals surface area contributed by atoms with Crippen molar-refractivity contribution in [2.75, 3.05) is 19.1 Å². The first kappa shape index (κ1) is 24.9. The number of carbonyl (C=O) groups excluding carboxylic acids is 2. The molecule has 1 fully saturated rings. The average molecular weight is 557 g/mol. The minimum absolute atomic E-state index is 0.000985. The fraction of sp³-hybridized carbons (Fsp3) is 0.115. The Balaban J connectivity index is 1.75. The fourth-order valence-corrected chi connectivity index (χ4v) is 5.69. The van der Waals surface area contributed by atoms with Crippen LogP contribution in [0.3, 0.4) is 0 Å². The van der Waals surface area contributed by atoms with E-state index in [9.17, 15) is 19.8 Å². The molecule has 8 nitrogen and oxygen atoms in total. The zero-order valence-electron chi connectivity index (χ0n) is 19.4. The Hall–Kier alpha value is -3.79. The summed E-state index contributed by atoms with van der Waals surface area (Å²) in [5.74, 6) is -1.78. The van der Waals surface area contributed by atoms with Crippen molar-refractivity contribution in [1.82, 2.24) is 4.98 Å². The molecule has 1 amide bonds. The van der Waals surface area contributed by atoms with Gasteiger partial charge in [-0.25, -0.2) is 4.98 Å². The van der Waals surface area contributed by atoms with Gasteiger partial charge in [0.25, 0.3) is 5.78 Å². The van der Waals surface area contributed by atoms with Crippen LogP contribution in [0.15, 0.2) is 60.2 Å². The number of nitrogens with zero attached hydrogens (tertiary/aromatic N) is 2. The van der Waals surface area contributed by atoms with Crippen LogP contribution in [0, 0.1) is 0 Å². The number of anilines is 1. The molecular formula is C26H18Cl2N2O6S. The standard InChI is InChI=1S/C26H18Cl2N2O6S/c1-35-18-11-19(36-2)16(28)10-15(18)23(32)21-22(12-3-6-14(31)7-4-12)30(25(34)24(21)33)26-29-17-8-5-13(27)9-20(17)37-26/h3-11,22,31-32H,1-2H3/b23-21+. The van der Waals surface area contributed by atoms with Crippen molar-refractivity contribution < 1.29 is 29.3 Å². The SMILES string of the molecule is COc1cc(OC)c(/C(O)=C2\C(=O)C(=O)N(c3nc4ccc(Cl)cc4s3)C2c2ccc(O)cc2)cc1Cl. The molecule has 11 heteroatoms. The monoisotopic (exact) mass is 556 g/mol. The van der Waals surface area contributed by atoms with Crippen LogP contribution in [0.4, 0.5) is 5.13 Å². The number of phenolic OH excluding ortho intramolecular Hbond substituents is 1. The van der Waals surface area contributed by atoms with Gasteiger partial charge in [-0.3, -0.25) is 14.5 Å². The van der Waals surface area contributed by atoms with Crippen LogP contribution in [-0.4, -0.2) is 41.1 Å². The van der Waals surface area contributed by atoms with Crippen LogP contribution in [0.1, 0.15) is 17.2 Å². The predicted octanol–water partition coefficient (Wildman–Crippen LogP) is 5.95. The van der Waals surface area contributed by atoms with Gasteiger partial charge in [-0.05, 0) is 42.0 Å². The topological polar surface area (TPSA) is 109 Å². The number of benzene rings is 3. The van der Waals surface area contributed by atoms with Gasteiger partial charge in [-0.2, -0.15) is 0 Å². The van der Waals surface area contributed by atoms with E-state index in [4.69, 9.17) is 32.7 Å². The van der Waals surface area contributed by atoms with Crippen LogP contribution in [-0.2, 0) is 9.59 Å². The maximum Gasteiger partial charge on any atom is 0.301 e. The Morgan fingerprint density at radius 2 is 1.70 bits per heavy atom. The number of amides is 1. The normalized spacial score (nSPS) is 17.0. The molecule has 0 spiro atoms. The lowest BCUT2D eigenvalue weighted by Gasteiger charge is -2.23. The first-order valence-corrected chi connectivity index (χ1v) is 12.4. The smallest absolute Gasteiger partial charge is 0.301 e. The Morgan fingerprint density at radius 1 is 1.00 bits per heavy atom. The summed E-state index contributed by atoms with van der Waals surface area (Å²) in [4.78, 5) is 32.6. The van der Waals surface area contributed by atoms with Gasteiger partial charge in [0.2, 0.25) is 0 Å². The molecule has 0 radical (unpaired) electrons. The van der Waals surface area contributed by atoms with Gasteiger partial charge in [0.1, 0.15) is 23.0 Å². The number of hydrogen-bond acceptors (Lipinski definition) is 8. The van der Waals surface area contributed by atoms with Crippen LogP contribution in [0.2, 0.25) is 10.0 Å². The van der Waals surface area contributed by atoms with Gasteiger partial charge in [-0.1, -0.05) is 46.7 Å². The largest absolute Gasteiger partial charge is 0.508 e. The van der Waals surface area contributed by atoms with Gasteiger partial charge < -0.3 is 19.7 Å². The maximum atomic E-state index is 13.4. The van der Waals surface area contributed by atoms with E-state index < -0.39 is 23.5 Å². The van der Waals surface area contributed by atoms with E-state index in [0.717, 1.165) is 4.70 Å². The van der Waals surface area contributed by atoms with Crippen LogP contribution >= 0.6 is 34.5 Å². The van der Waals surface area contributed by atoms with E-state index in [1.54, 1.807) is 30.3 Å². The molecule has 0 saturated carbocycles. The number of phenols is 1. The van der Waals surface area contributed by atoms with Gasteiger partial charge in [0.15, 0.2) is 5.13 Å². The Labute approximate surface area is 224 Å². The zero-order valence-corrected chi connectivity index (χ0v) is 21.7. The number of hydrogen-bond donors (Lipinski definition) is 2. The number of rotatable bonds is 5. The molecular weight excluding hydrogens is 539 g/mol. The molecule has 1 aliphatic heterocycles. The van der Waals surface area contributed by atoms with E-state index in [0.29, 0.717) is 21.9 Å². The highest BCUT2D eigenvalue weighted by atomic mass is 35.5. The second-order valence-electron chi connectivity index (χ2n) is 8.06. The van der Waals surface area contributed by atoms with Crippen LogP contribution in [0.25, 0.3) is 16.0 Å². The lowest BCUT2D eigenvalue weighted by molar-refractivity contribution is -0.132. The molecule has 1 aromatic heterocycles. The summed E-state index contributed by atoms with van der Waals surface area (Å²) in [6.07, 6.45) is 0. The summed E-state index contributed by atoms with van der Waals surface area (Å²) < 4.78 is 11.3. The molecule has 188 valence electrons. The summed E-state index contributed by atoms with van der Waals surface area (Å²) in [5.41, 5.74) is 0.979. The second kappa shape index (κ2) is 9.59. The summed E-state index contributed by atoms with van der Waals surface area (Å²) >= 11 is 13.6. The van der Waals surface area contributed by atoms with Gasteiger partial charge in [-0.15, -0.1) is 0 Å². The van der Waals surface area contributed by atoms with E-state index in [2.05, 4.69) is 4.98 Å². The second-order valence-corrected chi connectivity index (χ2v) is 9.91. The molecule has 3 aromatic carbocycles. The average Bonchev–Trinajstić information content (AvgIpc) is 3.41. The molecule has 1 aliphatic rings. The first-order valence-electron chi connectivity index (χ1n) is 10.8. The molecule has 2 heterocycles. The molecule has 37 heavy (non-hydrogen) atoms. The Kier molecular flexibility index (Phi) is 6.45. The fourth-order valence-electron chi connectivity index (χ4n) is 4.18. The number of methoxy groups -OCH3 is 2. The van der Waals surface area contributed by atoms with Crippen molar-refractivity contribution in [3.8, 4) is 17.2 Å². The quantitative estimate of drug-likeness (QED) is 0.177. The van der Waals surface area contributed by atoms with Crippen molar-refractivity contribution in [3.63, 3.8) is 0 Å². The number of Topliss-reactive ketones (excluding diaryl/α,β-unsaturated/α-hetero) is 1. The van der Waals surface area contributed by atoms with Crippen LogP contribution < -0.4 is 14.4 Å². The molecule has 1 saturated heterocycles. The van der Waals surface area contributed by atoms with E-state index in [1.807, 2.05) is 0 Å². The summed E-state index contributed by atoms with van der Waals surface area (Å²) in [6.45, 7) is 0. The number of aliphatic hydroxyl groups excluding tert-OH is 1. The molecule has 0 bridgehead atoms. The number of thiazole rings is 1. The Bertz CT molecular complexity index is 1600. The zero-order chi connectivity index (χ0) is 26.4. The van der Waals surface area contributed by atoms with Crippen molar-refractivity contribution in [3.05, 3.63) is 81.3 Å². The number of carbonyl (C=O) groups is 2. The maximum absolute atomic E-state index is 13.4. The van der Waals surface area contributed by atoms with Gasteiger partial charge >= 0.3 is 5.91 Å². The summed E-state index contributed by atoms with van der Waals surface area (Å²) in [7, 11) is 2.82.